The van der Waals surface area contributed by atoms with E-state index in [2.05, 4.69) is 10.6 Å². The second-order valence-electron chi connectivity index (χ2n) is 5.37. The Morgan fingerprint density at radius 3 is 2.60 bits per heavy atom. The molecule has 6 heteroatoms. The Hall–Kier alpha value is -1.43. The van der Waals surface area contributed by atoms with Crippen molar-refractivity contribution in [1.82, 2.24) is 5.32 Å². The average Bonchev–Trinajstić information content (AvgIpc) is 3.01. The van der Waals surface area contributed by atoms with Crippen LogP contribution < -0.4 is 21.1 Å². The highest BCUT2D eigenvalue weighted by Crippen LogP contribution is 2.44. The Balaban J connectivity index is 2.29. The number of nitrogens with one attached hydrogen (secondary N) is 2. The molecule has 1 aromatic rings. The summed E-state index contributed by atoms with van der Waals surface area (Å²) in [5, 5.41) is 6.98. The van der Waals surface area contributed by atoms with Gasteiger partial charge in [-0.3, -0.25) is 4.79 Å². The fraction of sp³-hybridized carbons (Fsp3) is 0.643. The van der Waals surface area contributed by atoms with Crippen LogP contribution in [0.5, 0.6) is 5.75 Å². The molecule has 0 radical (unpaired) electrons. The first-order valence-electron chi connectivity index (χ1n) is 7.10. The molecule has 20 heavy (non-hydrogen) atoms. The van der Waals surface area contributed by atoms with Gasteiger partial charge in [0.2, 0.25) is 0 Å². The van der Waals surface area contributed by atoms with Crippen LogP contribution in [0, 0.1) is 0 Å². The Morgan fingerprint density at radius 1 is 1.40 bits per heavy atom. The van der Waals surface area contributed by atoms with Crippen molar-refractivity contribution in [3.63, 3.8) is 0 Å². The number of nitrogen functional groups attached to an aromatic ring is 1. The summed E-state index contributed by atoms with van der Waals surface area (Å²) in [5.74, 6) is 0.455. The predicted molar refractivity (Wildman–Crippen MR) is 83.8 cm³/mol. The molecule has 0 aliphatic heterocycles. The minimum atomic E-state index is -0.166. The maximum atomic E-state index is 11.9. The Kier molecular flexibility index (Phi) is 4.75. The molecule has 0 atom stereocenters. The number of ether oxygens (including phenoxy) is 1. The lowest BCUT2D eigenvalue weighted by atomic mass is 10.2. The van der Waals surface area contributed by atoms with E-state index in [-0.39, 0.29) is 12.0 Å². The monoisotopic (exact) mass is 297 g/mol. The first-order valence-corrected chi connectivity index (χ1v) is 7.92. The minimum Gasteiger partial charge on any atom is -0.486 e. The van der Waals surface area contributed by atoms with Gasteiger partial charge in [-0.15, -0.1) is 11.3 Å². The van der Waals surface area contributed by atoms with Crippen LogP contribution in [0.4, 0.5) is 10.7 Å². The first kappa shape index (κ1) is 15.0. The van der Waals surface area contributed by atoms with E-state index in [0.717, 1.165) is 17.8 Å². The SMILES string of the molecule is CNC(=O)c1sc(NC2CCCC2)c(OC(C)C)c1N. The maximum Gasteiger partial charge on any atom is 0.263 e. The zero-order chi connectivity index (χ0) is 14.7. The van der Waals surface area contributed by atoms with E-state index in [0.29, 0.717) is 22.4 Å². The molecule has 0 spiro atoms. The van der Waals surface area contributed by atoms with Gasteiger partial charge in [0.1, 0.15) is 15.6 Å². The van der Waals surface area contributed by atoms with Crippen molar-refractivity contribution in [2.75, 3.05) is 18.1 Å². The van der Waals surface area contributed by atoms with Crippen molar-refractivity contribution in [3.05, 3.63) is 4.88 Å². The van der Waals surface area contributed by atoms with Crippen molar-refractivity contribution in [2.45, 2.75) is 51.7 Å². The lowest BCUT2D eigenvalue weighted by Gasteiger charge is -2.16. The molecule has 1 aliphatic rings. The quantitative estimate of drug-likeness (QED) is 0.781. The second-order valence-corrected chi connectivity index (χ2v) is 6.40. The molecule has 0 bridgehead atoms. The van der Waals surface area contributed by atoms with Gasteiger partial charge in [-0.25, -0.2) is 0 Å². The Morgan fingerprint density at radius 2 is 2.05 bits per heavy atom. The molecular weight excluding hydrogens is 274 g/mol. The first-order chi connectivity index (χ1) is 9.52. The number of anilines is 2. The lowest BCUT2D eigenvalue weighted by Crippen LogP contribution is -2.17. The molecule has 1 saturated carbocycles. The summed E-state index contributed by atoms with van der Waals surface area (Å²) in [6.45, 7) is 3.91. The third-order valence-corrected chi connectivity index (χ3v) is 4.49. The topological polar surface area (TPSA) is 76.4 Å². The zero-order valence-corrected chi connectivity index (χ0v) is 13.1. The average molecular weight is 297 g/mol. The van der Waals surface area contributed by atoms with E-state index in [9.17, 15) is 4.79 Å². The van der Waals surface area contributed by atoms with E-state index < -0.39 is 0 Å². The van der Waals surface area contributed by atoms with Crippen LogP contribution in [0.2, 0.25) is 0 Å². The van der Waals surface area contributed by atoms with E-state index in [1.165, 1.54) is 24.2 Å². The molecule has 1 amide bonds. The third kappa shape index (κ3) is 3.17. The summed E-state index contributed by atoms with van der Waals surface area (Å²) in [4.78, 5) is 12.4. The third-order valence-electron chi connectivity index (χ3n) is 3.38. The standard InChI is InChI=1S/C14H23N3O2S/c1-8(2)19-11-10(15)12(13(18)16-3)20-14(11)17-9-6-4-5-7-9/h8-9,17H,4-7,15H2,1-3H3,(H,16,18). The summed E-state index contributed by atoms with van der Waals surface area (Å²) in [6, 6.07) is 0.458. The summed E-state index contributed by atoms with van der Waals surface area (Å²) >= 11 is 1.37. The number of hydrogen-bond acceptors (Lipinski definition) is 5. The molecule has 1 fully saturated rings. The predicted octanol–water partition coefficient (Wildman–Crippen LogP) is 2.83. The van der Waals surface area contributed by atoms with Crippen molar-refractivity contribution in [1.29, 1.82) is 0 Å². The summed E-state index contributed by atoms with van der Waals surface area (Å²) in [5.41, 5.74) is 6.52. The molecule has 4 N–H and O–H groups in total. The van der Waals surface area contributed by atoms with Crippen molar-refractivity contribution in [3.8, 4) is 5.75 Å². The van der Waals surface area contributed by atoms with Crippen LogP contribution in [0.3, 0.4) is 0 Å². The van der Waals surface area contributed by atoms with Crippen LogP contribution in [-0.4, -0.2) is 25.1 Å². The number of amides is 1. The normalized spacial score (nSPS) is 15.6. The highest BCUT2D eigenvalue weighted by Gasteiger charge is 2.25. The fourth-order valence-electron chi connectivity index (χ4n) is 2.41. The molecule has 0 aromatic carbocycles. The molecule has 0 saturated heterocycles. The van der Waals surface area contributed by atoms with Gasteiger partial charge in [0.25, 0.3) is 5.91 Å². The number of hydrogen-bond donors (Lipinski definition) is 3. The van der Waals surface area contributed by atoms with Gasteiger partial charge in [-0.1, -0.05) is 12.8 Å². The molecular formula is C14H23N3O2S. The molecule has 1 heterocycles. The molecule has 1 aromatic heterocycles. The number of carbonyl (C=O) groups is 1. The Labute approximate surface area is 123 Å². The zero-order valence-electron chi connectivity index (χ0n) is 12.3. The lowest BCUT2D eigenvalue weighted by molar-refractivity contribution is 0.0967. The van der Waals surface area contributed by atoms with E-state index >= 15 is 0 Å². The van der Waals surface area contributed by atoms with Gasteiger partial charge < -0.3 is 21.1 Å². The molecule has 0 unspecified atom stereocenters. The molecule has 1 aliphatic carbocycles. The number of carbonyl (C=O) groups excluding carboxylic acids is 1. The van der Waals surface area contributed by atoms with Gasteiger partial charge in [-0.2, -0.15) is 0 Å². The molecule has 112 valence electrons. The van der Waals surface area contributed by atoms with Gasteiger partial charge in [-0.05, 0) is 26.7 Å². The second kappa shape index (κ2) is 6.35. The minimum absolute atomic E-state index is 0.0218. The summed E-state index contributed by atoms with van der Waals surface area (Å²) < 4.78 is 5.80. The smallest absolute Gasteiger partial charge is 0.263 e. The fourth-order valence-corrected chi connectivity index (χ4v) is 3.49. The maximum absolute atomic E-state index is 11.9. The summed E-state index contributed by atoms with van der Waals surface area (Å²) in [6.07, 6.45) is 4.85. The van der Waals surface area contributed by atoms with Crippen LogP contribution in [0.1, 0.15) is 49.2 Å². The van der Waals surface area contributed by atoms with Crippen molar-refractivity contribution >= 4 is 27.9 Å². The summed E-state index contributed by atoms with van der Waals surface area (Å²) in [7, 11) is 1.61. The van der Waals surface area contributed by atoms with Crippen molar-refractivity contribution in [2.24, 2.45) is 0 Å². The number of rotatable bonds is 5. The largest absolute Gasteiger partial charge is 0.486 e. The van der Waals surface area contributed by atoms with Crippen LogP contribution in [-0.2, 0) is 0 Å². The highest BCUT2D eigenvalue weighted by molar-refractivity contribution is 7.19. The number of nitrogens with two attached hydrogens (primary N) is 1. The highest BCUT2D eigenvalue weighted by atomic mass is 32.1. The number of thiophene rings is 1. The van der Waals surface area contributed by atoms with E-state index in [4.69, 9.17) is 10.5 Å². The van der Waals surface area contributed by atoms with Crippen molar-refractivity contribution < 1.29 is 9.53 Å². The molecule has 2 rings (SSSR count). The van der Waals surface area contributed by atoms with E-state index in [1.807, 2.05) is 13.8 Å². The Bertz CT molecular complexity index is 479. The molecule has 5 nitrogen and oxygen atoms in total. The van der Waals surface area contributed by atoms with Gasteiger partial charge in [0, 0.05) is 13.1 Å². The van der Waals surface area contributed by atoms with E-state index in [1.54, 1.807) is 7.05 Å². The van der Waals surface area contributed by atoms with Crippen LogP contribution >= 0.6 is 11.3 Å². The van der Waals surface area contributed by atoms with Crippen LogP contribution in [0.25, 0.3) is 0 Å². The van der Waals surface area contributed by atoms with Gasteiger partial charge in [0.05, 0.1) is 6.10 Å². The van der Waals surface area contributed by atoms with Crippen LogP contribution in [0.15, 0.2) is 0 Å². The van der Waals surface area contributed by atoms with Gasteiger partial charge >= 0.3 is 0 Å². The van der Waals surface area contributed by atoms with Gasteiger partial charge in [0.15, 0.2) is 5.75 Å².